The third kappa shape index (κ3) is 2.92. The van der Waals surface area contributed by atoms with Gasteiger partial charge in [-0.05, 0) is 25.5 Å². The molecule has 100 valence electrons. The highest BCUT2D eigenvalue weighted by atomic mass is 32.1. The molecule has 0 amide bonds. The highest BCUT2D eigenvalue weighted by molar-refractivity contribution is 7.71. The fraction of sp³-hybridized carbons (Fsp3) is 0.375. The molecule has 3 heteroatoms. The summed E-state index contributed by atoms with van der Waals surface area (Å²) in [7, 11) is 0. The maximum absolute atomic E-state index is 5.40. The van der Waals surface area contributed by atoms with Gasteiger partial charge in [0.2, 0.25) is 0 Å². The van der Waals surface area contributed by atoms with E-state index in [2.05, 4.69) is 61.9 Å². The number of aromatic amines is 1. The van der Waals surface area contributed by atoms with Gasteiger partial charge in [-0.15, -0.1) is 0 Å². The fourth-order valence-electron chi connectivity index (χ4n) is 1.98. The zero-order chi connectivity index (χ0) is 14.2. The Morgan fingerprint density at radius 1 is 1.16 bits per heavy atom. The summed E-state index contributed by atoms with van der Waals surface area (Å²) < 4.78 is 0.681. The molecule has 1 aromatic carbocycles. The molecular formula is C16H20N2S. The number of hydrogen-bond acceptors (Lipinski definition) is 2. The van der Waals surface area contributed by atoms with E-state index in [9.17, 15) is 0 Å². The van der Waals surface area contributed by atoms with Crippen LogP contribution in [0.4, 0.5) is 0 Å². The summed E-state index contributed by atoms with van der Waals surface area (Å²) in [6, 6.07) is 8.44. The van der Waals surface area contributed by atoms with Crippen molar-refractivity contribution in [3.63, 3.8) is 0 Å². The van der Waals surface area contributed by atoms with Crippen LogP contribution in [0, 0.1) is 18.5 Å². The van der Waals surface area contributed by atoms with E-state index in [0.717, 1.165) is 22.6 Å². The standard InChI is InChI=1S/C16H20N2S/c1-10-7-6-8-12(9-10)13-11(2)14(19)18-15(17-13)16(3,4)5/h6-9H,1-5H3,(H,17,18,19). The second-order valence-corrected chi connectivity index (χ2v) is 6.40. The lowest BCUT2D eigenvalue weighted by molar-refractivity contribution is 0.544. The van der Waals surface area contributed by atoms with Crippen LogP contribution in [-0.4, -0.2) is 9.97 Å². The Balaban J connectivity index is 2.70. The maximum atomic E-state index is 5.40. The lowest BCUT2D eigenvalue weighted by Gasteiger charge is -2.20. The Morgan fingerprint density at radius 2 is 1.84 bits per heavy atom. The van der Waals surface area contributed by atoms with E-state index >= 15 is 0 Å². The Kier molecular flexibility index (Phi) is 3.59. The van der Waals surface area contributed by atoms with Gasteiger partial charge in [0.25, 0.3) is 0 Å². The minimum atomic E-state index is -0.0418. The van der Waals surface area contributed by atoms with E-state index in [1.807, 2.05) is 6.92 Å². The molecule has 2 nitrogen and oxygen atoms in total. The molecule has 2 aromatic rings. The van der Waals surface area contributed by atoms with Crippen LogP contribution in [0.3, 0.4) is 0 Å². The van der Waals surface area contributed by atoms with E-state index in [-0.39, 0.29) is 5.41 Å². The van der Waals surface area contributed by atoms with Crippen LogP contribution < -0.4 is 0 Å². The molecule has 0 unspecified atom stereocenters. The molecule has 0 aliphatic heterocycles. The van der Waals surface area contributed by atoms with Crippen LogP contribution in [0.25, 0.3) is 11.3 Å². The monoisotopic (exact) mass is 272 g/mol. The predicted octanol–water partition coefficient (Wildman–Crippen LogP) is 4.72. The Labute approximate surface area is 119 Å². The first kappa shape index (κ1) is 13.9. The normalized spacial score (nSPS) is 11.6. The summed E-state index contributed by atoms with van der Waals surface area (Å²) in [5.41, 5.74) is 4.48. The highest BCUT2D eigenvalue weighted by Crippen LogP contribution is 2.26. The van der Waals surface area contributed by atoms with E-state index in [1.54, 1.807) is 0 Å². The zero-order valence-corrected chi connectivity index (χ0v) is 13.0. The average molecular weight is 272 g/mol. The number of H-pyrrole nitrogens is 1. The Bertz CT molecular complexity index is 663. The molecular weight excluding hydrogens is 252 g/mol. The van der Waals surface area contributed by atoms with Gasteiger partial charge in [0.05, 0.1) is 5.69 Å². The van der Waals surface area contributed by atoms with Crippen molar-refractivity contribution >= 4 is 12.2 Å². The van der Waals surface area contributed by atoms with E-state index in [1.165, 1.54) is 5.56 Å². The molecule has 1 heterocycles. The van der Waals surface area contributed by atoms with Gasteiger partial charge in [-0.1, -0.05) is 56.8 Å². The summed E-state index contributed by atoms with van der Waals surface area (Å²) in [5.74, 6) is 0.930. The van der Waals surface area contributed by atoms with Crippen LogP contribution in [0.5, 0.6) is 0 Å². The van der Waals surface area contributed by atoms with Gasteiger partial charge >= 0.3 is 0 Å². The molecule has 0 aliphatic rings. The minimum absolute atomic E-state index is 0.0418. The van der Waals surface area contributed by atoms with Crippen LogP contribution in [0.15, 0.2) is 24.3 Å². The summed E-state index contributed by atoms with van der Waals surface area (Å²) in [6.45, 7) is 10.5. The quantitative estimate of drug-likeness (QED) is 0.761. The van der Waals surface area contributed by atoms with Gasteiger partial charge in [-0.2, -0.15) is 0 Å². The number of nitrogens with one attached hydrogen (secondary N) is 1. The van der Waals surface area contributed by atoms with Crippen molar-refractivity contribution in [1.29, 1.82) is 0 Å². The second kappa shape index (κ2) is 4.89. The van der Waals surface area contributed by atoms with Crippen molar-refractivity contribution in [3.8, 4) is 11.3 Å². The molecule has 0 saturated heterocycles. The molecule has 0 spiro atoms. The SMILES string of the molecule is Cc1cccc(-c2[nH]c(C(C)(C)C)nc(=S)c2C)c1. The van der Waals surface area contributed by atoms with Gasteiger partial charge in [0.15, 0.2) is 0 Å². The number of aromatic nitrogens is 2. The van der Waals surface area contributed by atoms with Gasteiger partial charge in [-0.3, -0.25) is 0 Å². The van der Waals surface area contributed by atoms with Gasteiger partial charge in [0.1, 0.15) is 10.5 Å². The van der Waals surface area contributed by atoms with Crippen molar-refractivity contribution in [1.82, 2.24) is 9.97 Å². The number of benzene rings is 1. The van der Waals surface area contributed by atoms with Crippen molar-refractivity contribution < 1.29 is 0 Å². The summed E-state index contributed by atoms with van der Waals surface area (Å²) in [6.07, 6.45) is 0. The largest absolute Gasteiger partial charge is 0.342 e. The van der Waals surface area contributed by atoms with Crippen LogP contribution in [0.1, 0.15) is 37.7 Å². The molecule has 0 aliphatic carbocycles. The van der Waals surface area contributed by atoms with Crippen LogP contribution >= 0.6 is 12.2 Å². The topological polar surface area (TPSA) is 28.7 Å². The average Bonchev–Trinajstić information content (AvgIpc) is 2.31. The van der Waals surface area contributed by atoms with Crippen molar-refractivity contribution in [3.05, 3.63) is 45.9 Å². The third-order valence-electron chi connectivity index (χ3n) is 3.17. The van der Waals surface area contributed by atoms with Crippen LogP contribution in [0.2, 0.25) is 0 Å². The van der Waals surface area contributed by atoms with Crippen molar-refractivity contribution in [2.24, 2.45) is 0 Å². The second-order valence-electron chi connectivity index (χ2n) is 6.01. The molecule has 1 N–H and O–H groups in total. The molecule has 0 atom stereocenters. The first-order valence-electron chi connectivity index (χ1n) is 6.47. The third-order valence-corrected chi connectivity index (χ3v) is 3.57. The van der Waals surface area contributed by atoms with Gasteiger partial charge in [0, 0.05) is 11.0 Å². The number of hydrogen-bond donors (Lipinski definition) is 1. The zero-order valence-electron chi connectivity index (χ0n) is 12.2. The molecule has 0 bridgehead atoms. The summed E-state index contributed by atoms with van der Waals surface area (Å²) in [5, 5.41) is 0. The van der Waals surface area contributed by atoms with Crippen LogP contribution in [-0.2, 0) is 5.41 Å². The number of aryl methyl sites for hydroxylation is 1. The summed E-state index contributed by atoms with van der Waals surface area (Å²) >= 11 is 5.40. The molecule has 0 saturated carbocycles. The van der Waals surface area contributed by atoms with E-state index < -0.39 is 0 Å². The maximum Gasteiger partial charge on any atom is 0.133 e. The number of rotatable bonds is 1. The highest BCUT2D eigenvalue weighted by Gasteiger charge is 2.18. The van der Waals surface area contributed by atoms with Gasteiger partial charge in [-0.25, -0.2) is 4.98 Å². The molecule has 0 radical (unpaired) electrons. The number of nitrogens with zero attached hydrogens (tertiary/aromatic N) is 1. The first-order chi connectivity index (χ1) is 8.79. The van der Waals surface area contributed by atoms with E-state index in [4.69, 9.17) is 12.2 Å². The molecule has 0 fully saturated rings. The molecule has 19 heavy (non-hydrogen) atoms. The molecule has 2 rings (SSSR count). The van der Waals surface area contributed by atoms with Crippen molar-refractivity contribution in [2.45, 2.75) is 40.0 Å². The molecule has 1 aromatic heterocycles. The van der Waals surface area contributed by atoms with E-state index in [0.29, 0.717) is 4.64 Å². The van der Waals surface area contributed by atoms with Gasteiger partial charge < -0.3 is 4.98 Å². The van der Waals surface area contributed by atoms with Crippen molar-refractivity contribution in [2.75, 3.05) is 0 Å². The Morgan fingerprint density at radius 3 is 2.42 bits per heavy atom. The lowest BCUT2D eigenvalue weighted by Crippen LogP contribution is -2.17. The smallest absolute Gasteiger partial charge is 0.133 e. The fourth-order valence-corrected chi connectivity index (χ4v) is 2.17. The summed E-state index contributed by atoms with van der Waals surface area (Å²) in [4.78, 5) is 7.97. The first-order valence-corrected chi connectivity index (χ1v) is 6.88. The minimum Gasteiger partial charge on any atom is -0.342 e. The predicted molar refractivity (Wildman–Crippen MR) is 83.0 cm³/mol. The lowest BCUT2D eigenvalue weighted by atomic mass is 9.95. The Hall–Kier alpha value is -1.48.